The van der Waals surface area contributed by atoms with Crippen molar-refractivity contribution >= 4 is 5.91 Å². The first-order chi connectivity index (χ1) is 17.0. The van der Waals surface area contributed by atoms with Crippen molar-refractivity contribution in [3.63, 3.8) is 0 Å². The second kappa shape index (κ2) is 10.1. The molecule has 1 aromatic heterocycles. The van der Waals surface area contributed by atoms with E-state index in [4.69, 9.17) is 4.74 Å². The maximum atomic E-state index is 12.7. The molecule has 1 fully saturated rings. The number of para-hydroxylation sites is 1. The topological polar surface area (TPSA) is 60.9 Å². The highest BCUT2D eigenvalue weighted by molar-refractivity contribution is 5.78. The van der Waals surface area contributed by atoms with Gasteiger partial charge in [-0.1, -0.05) is 30.3 Å². The van der Waals surface area contributed by atoms with Crippen LogP contribution >= 0.6 is 0 Å². The molecule has 0 saturated carbocycles. The Bertz CT molecular complexity index is 1200. The molecular formula is C24H18F6N2O4. The molecular weight excluding hydrogens is 494 g/mol. The van der Waals surface area contributed by atoms with Gasteiger partial charge in [0.05, 0.1) is 18.3 Å². The van der Waals surface area contributed by atoms with Crippen molar-refractivity contribution in [1.29, 1.82) is 0 Å². The van der Waals surface area contributed by atoms with Gasteiger partial charge in [0.2, 0.25) is 5.91 Å². The molecule has 12 heteroatoms. The molecule has 1 atom stereocenters. The molecule has 0 N–H and O–H groups in total. The van der Waals surface area contributed by atoms with Crippen LogP contribution in [0.5, 0.6) is 11.5 Å². The Morgan fingerprint density at radius 1 is 0.917 bits per heavy atom. The fourth-order valence-electron chi connectivity index (χ4n) is 3.73. The average Bonchev–Trinajstić information content (AvgIpc) is 2.80. The highest BCUT2D eigenvalue weighted by atomic mass is 19.4. The first-order valence-electron chi connectivity index (χ1n) is 10.5. The van der Waals surface area contributed by atoms with Crippen LogP contribution in [0.25, 0.3) is 11.3 Å². The monoisotopic (exact) mass is 512 g/mol. The van der Waals surface area contributed by atoms with Crippen molar-refractivity contribution < 1.29 is 45.3 Å². The largest absolute Gasteiger partial charge is 0.573 e. The van der Waals surface area contributed by atoms with E-state index in [0.717, 1.165) is 12.1 Å². The molecule has 2 aromatic carbocycles. The Labute approximate surface area is 201 Å². The fraction of sp³-hybridized carbons (Fsp3) is 0.250. The lowest BCUT2D eigenvalue weighted by Gasteiger charge is -2.35. The lowest BCUT2D eigenvalue weighted by atomic mass is 10.0. The van der Waals surface area contributed by atoms with Crippen LogP contribution in [0, 0.1) is 0 Å². The quantitative estimate of drug-likeness (QED) is 0.400. The molecule has 0 aliphatic carbocycles. The summed E-state index contributed by atoms with van der Waals surface area (Å²) in [6, 6.07) is 13.3. The number of hydrogen-bond donors (Lipinski definition) is 0. The first-order valence-corrected chi connectivity index (χ1v) is 10.5. The third-order valence-electron chi connectivity index (χ3n) is 5.27. The van der Waals surface area contributed by atoms with Gasteiger partial charge >= 0.3 is 12.7 Å². The van der Waals surface area contributed by atoms with Crippen LogP contribution in [0.15, 0.2) is 66.9 Å². The SMILES string of the molecule is O=C1COCC(c2ccc(-c3ccccc3OC(F)(F)F)nc2)N1Cc1ccc(OC(F)(F)F)cc1. The van der Waals surface area contributed by atoms with Crippen LogP contribution in [-0.2, 0) is 16.1 Å². The van der Waals surface area contributed by atoms with Crippen molar-refractivity contribution in [3.05, 3.63) is 78.0 Å². The number of morpholine rings is 1. The number of nitrogens with zero attached hydrogens (tertiary/aromatic N) is 2. The van der Waals surface area contributed by atoms with Crippen LogP contribution in [0.1, 0.15) is 17.2 Å². The summed E-state index contributed by atoms with van der Waals surface area (Å²) in [4.78, 5) is 18.4. The molecule has 6 nitrogen and oxygen atoms in total. The van der Waals surface area contributed by atoms with Crippen molar-refractivity contribution in [3.8, 4) is 22.8 Å². The van der Waals surface area contributed by atoms with Crippen molar-refractivity contribution in [2.45, 2.75) is 25.3 Å². The van der Waals surface area contributed by atoms with Gasteiger partial charge in [-0.25, -0.2) is 0 Å². The second-order valence-corrected chi connectivity index (χ2v) is 7.77. The zero-order valence-electron chi connectivity index (χ0n) is 18.3. The molecule has 36 heavy (non-hydrogen) atoms. The van der Waals surface area contributed by atoms with E-state index in [0.29, 0.717) is 11.1 Å². The number of amides is 1. The summed E-state index contributed by atoms with van der Waals surface area (Å²) in [5.74, 6) is -1.12. The third kappa shape index (κ3) is 6.45. The van der Waals surface area contributed by atoms with E-state index in [-0.39, 0.29) is 42.7 Å². The lowest BCUT2D eigenvalue weighted by Crippen LogP contribution is -2.43. The average molecular weight is 512 g/mol. The maximum Gasteiger partial charge on any atom is 0.573 e. The van der Waals surface area contributed by atoms with E-state index in [9.17, 15) is 31.1 Å². The molecule has 1 saturated heterocycles. The van der Waals surface area contributed by atoms with Crippen molar-refractivity contribution in [1.82, 2.24) is 9.88 Å². The van der Waals surface area contributed by atoms with Gasteiger partial charge in [-0.15, -0.1) is 26.3 Å². The molecule has 4 rings (SSSR count). The fourth-order valence-corrected chi connectivity index (χ4v) is 3.73. The number of carbonyl (C=O) groups is 1. The lowest BCUT2D eigenvalue weighted by molar-refractivity contribution is -0.275. The van der Waals surface area contributed by atoms with E-state index < -0.39 is 24.5 Å². The van der Waals surface area contributed by atoms with Gasteiger partial charge in [0.15, 0.2) is 0 Å². The van der Waals surface area contributed by atoms with Crippen LogP contribution in [0.4, 0.5) is 26.3 Å². The van der Waals surface area contributed by atoms with Crippen LogP contribution in [-0.4, -0.2) is 41.7 Å². The van der Waals surface area contributed by atoms with Gasteiger partial charge in [-0.3, -0.25) is 9.78 Å². The summed E-state index contributed by atoms with van der Waals surface area (Å²) in [5.41, 5.74) is 1.49. The van der Waals surface area contributed by atoms with Crippen molar-refractivity contribution in [2.75, 3.05) is 13.2 Å². The predicted octanol–water partition coefficient (Wildman–Crippen LogP) is 5.65. The molecule has 0 spiro atoms. The molecule has 1 aliphatic rings. The summed E-state index contributed by atoms with van der Waals surface area (Å²) >= 11 is 0. The summed E-state index contributed by atoms with van der Waals surface area (Å²) < 4.78 is 88.7. The highest BCUT2D eigenvalue weighted by Crippen LogP contribution is 2.34. The Morgan fingerprint density at radius 3 is 2.25 bits per heavy atom. The highest BCUT2D eigenvalue weighted by Gasteiger charge is 2.33. The van der Waals surface area contributed by atoms with Crippen LogP contribution in [0.3, 0.4) is 0 Å². The molecule has 1 amide bonds. The number of pyridine rings is 1. The molecule has 2 heterocycles. The van der Waals surface area contributed by atoms with E-state index in [1.54, 1.807) is 12.1 Å². The van der Waals surface area contributed by atoms with E-state index in [2.05, 4.69) is 14.5 Å². The predicted molar refractivity (Wildman–Crippen MR) is 114 cm³/mol. The second-order valence-electron chi connectivity index (χ2n) is 7.77. The van der Waals surface area contributed by atoms with Gasteiger partial charge < -0.3 is 19.1 Å². The Morgan fingerprint density at radius 2 is 1.61 bits per heavy atom. The number of halogens is 6. The summed E-state index contributed by atoms with van der Waals surface area (Å²) in [6.07, 6.45) is -8.25. The summed E-state index contributed by atoms with van der Waals surface area (Å²) in [5, 5.41) is 0. The number of carbonyl (C=O) groups excluding carboxylic acids is 1. The zero-order valence-corrected chi connectivity index (χ0v) is 18.3. The Hall–Kier alpha value is -3.80. The minimum Gasteiger partial charge on any atom is -0.406 e. The van der Waals surface area contributed by atoms with E-state index in [1.165, 1.54) is 47.5 Å². The van der Waals surface area contributed by atoms with Gasteiger partial charge in [0.25, 0.3) is 0 Å². The van der Waals surface area contributed by atoms with Crippen LogP contribution in [0.2, 0.25) is 0 Å². The number of aromatic nitrogens is 1. The Balaban J connectivity index is 1.54. The van der Waals surface area contributed by atoms with Crippen LogP contribution < -0.4 is 9.47 Å². The molecule has 1 unspecified atom stereocenters. The van der Waals surface area contributed by atoms with Crippen molar-refractivity contribution in [2.24, 2.45) is 0 Å². The van der Waals surface area contributed by atoms with E-state index in [1.807, 2.05) is 0 Å². The molecule has 0 bridgehead atoms. The Kier molecular flexibility index (Phi) is 7.07. The molecule has 1 aliphatic heterocycles. The number of rotatable bonds is 6. The van der Waals surface area contributed by atoms with Gasteiger partial charge in [-0.2, -0.15) is 0 Å². The minimum atomic E-state index is -4.87. The smallest absolute Gasteiger partial charge is 0.406 e. The molecule has 3 aromatic rings. The van der Waals surface area contributed by atoms with Gasteiger partial charge in [0, 0.05) is 18.3 Å². The zero-order chi connectivity index (χ0) is 25.9. The standard InChI is InChI=1S/C24H18F6N2O4/c25-23(26,27)35-17-8-5-15(6-9-17)12-32-20(13-34-14-22(32)33)16-7-10-19(31-11-16)18-3-1-2-4-21(18)36-24(28,29)30/h1-11,20H,12-14H2. The first kappa shape index (κ1) is 25.3. The summed E-state index contributed by atoms with van der Waals surface area (Å²) in [7, 11) is 0. The number of alkyl halides is 6. The molecule has 190 valence electrons. The minimum absolute atomic E-state index is 0.0865. The third-order valence-corrected chi connectivity index (χ3v) is 5.27. The number of benzene rings is 2. The van der Waals surface area contributed by atoms with E-state index >= 15 is 0 Å². The summed E-state index contributed by atoms with van der Waals surface area (Å²) in [6.45, 7) is 0.0540. The number of ether oxygens (including phenoxy) is 3. The van der Waals surface area contributed by atoms with Gasteiger partial charge in [0.1, 0.15) is 18.1 Å². The normalized spacial score (nSPS) is 16.7. The van der Waals surface area contributed by atoms with Gasteiger partial charge in [-0.05, 0) is 41.5 Å². The molecule has 0 radical (unpaired) electrons. The number of hydrogen-bond acceptors (Lipinski definition) is 5. The maximum absolute atomic E-state index is 12.7.